The Balaban J connectivity index is 1.96. The largest absolute Gasteiger partial charge is 0.381 e. The van der Waals surface area contributed by atoms with Gasteiger partial charge < -0.3 is 14.2 Å². The molecule has 2 aliphatic heterocycles. The first-order chi connectivity index (χ1) is 8.68. The van der Waals surface area contributed by atoms with Gasteiger partial charge in [-0.1, -0.05) is 0 Å². The highest BCUT2D eigenvalue weighted by Gasteiger charge is 2.32. The van der Waals surface area contributed by atoms with Crippen LogP contribution in [0.15, 0.2) is 6.20 Å². The van der Waals surface area contributed by atoms with E-state index >= 15 is 0 Å². The molecule has 5 nitrogen and oxygen atoms in total. The molecule has 0 aliphatic carbocycles. The van der Waals surface area contributed by atoms with Crippen molar-refractivity contribution in [3.05, 3.63) is 17.7 Å². The van der Waals surface area contributed by atoms with Crippen molar-refractivity contribution < 1.29 is 9.53 Å². The van der Waals surface area contributed by atoms with E-state index in [0.717, 1.165) is 37.6 Å². The van der Waals surface area contributed by atoms with Gasteiger partial charge in [0.15, 0.2) is 0 Å². The minimum atomic E-state index is -0.126. The number of fused-ring (bicyclic) bond motifs is 1. The number of ether oxygens (including phenoxy) is 1. The monoisotopic (exact) mass is 249 g/mol. The predicted molar refractivity (Wildman–Crippen MR) is 66.2 cm³/mol. The molecule has 0 bridgehead atoms. The van der Waals surface area contributed by atoms with E-state index in [4.69, 9.17) is 4.74 Å². The first-order valence-electron chi connectivity index (χ1n) is 6.57. The third-order valence-electron chi connectivity index (χ3n) is 4.01. The fourth-order valence-corrected chi connectivity index (χ4v) is 2.98. The number of imidazole rings is 1. The van der Waals surface area contributed by atoms with Crippen LogP contribution in [0.25, 0.3) is 0 Å². The first-order valence-corrected chi connectivity index (χ1v) is 6.57. The van der Waals surface area contributed by atoms with Crippen LogP contribution in [-0.4, -0.2) is 40.6 Å². The standard InChI is InChI=1S/C13H19N3O2/c1-9-13(17)15(2)8-11-7-14-12(16(9)11)10-3-5-18-6-4-10/h7,9-10H,3-6,8H2,1-2H3. The van der Waals surface area contributed by atoms with Crippen LogP contribution in [0, 0.1) is 0 Å². The highest BCUT2D eigenvalue weighted by atomic mass is 16.5. The number of rotatable bonds is 1. The smallest absolute Gasteiger partial charge is 0.245 e. The minimum absolute atomic E-state index is 0.126. The van der Waals surface area contributed by atoms with Crippen LogP contribution >= 0.6 is 0 Å². The van der Waals surface area contributed by atoms with Gasteiger partial charge in [-0.2, -0.15) is 0 Å². The summed E-state index contributed by atoms with van der Waals surface area (Å²) in [6, 6.07) is -0.126. The Bertz CT molecular complexity index is 463. The molecule has 3 rings (SSSR count). The Morgan fingerprint density at radius 2 is 2.11 bits per heavy atom. The maximum atomic E-state index is 12.1. The van der Waals surface area contributed by atoms with Gasteiger partial charge >= 0.3 is 0 Å². The van der Waals surface area contributed by atoms with Crippen molar-refractivity contribution in [2.75, 3.05) is 20.3 Å². The van der Waals surface area contributed by atoms with Crippen LogP contribution in [0.1, 0.15) is 43.2 Å². The maximum absolute atomic E-state index is 12.1. The zero-order valence-electron chi connectivity index (χ0n) is 10.9. The summed E-state index contributed by atoms with van der Waals surface area (Å²) in [7, 11) is 1.85. The molecule has 0 saturated carbocycles. The van der Waals surface area contributed by atoms with Gasteiger partial charge in [0.25, 0.3) is 0 Å². The molecule has 0 spiro atoms. The van der Waals surface area contributed by atoms with E-state index < -0.39 is 0 Å². The van der Waals surface area contributed by atoms with Gasteiger partial charge in [0.1, 0.15) is 11.9 Å². The van der Waals surface area contributed by atoms with Crippen molar-refractivity contribution >= 4 is 5.91 Å². The topological polar surface area (TPSA) is 47.4 Å². The molecule has 1 saturated heterocycles. The van der Waals surface area contributed by atoms with E-state index in [1.807, 2.05) is 20.2 Å². The summed E-state index contributed by atoms with van der Waals surface area (Å²) in [5.74, 6) is 1.68. The summed E-state index contributed by atoms with van der Waals surface area (Å²) in [4.78, 5) is 18.4. The molecule has 1 atom stereocenters. The molecule has 3 heterocycles. The lowest BCUT2D eigenvalue weighted by Gasteiger charge is -2.32. The average molecular weight is 249 g/mol. The van der Waals surface area contributed by atoms with Crippen molar-refractivity contribution in [1.29, 1.82) is 0 Å². The molecule has 1 aromatic rings. The summed E-state index contributed by atoms with van der Waals surface area (Å²) < 4.78 is 7.53. The summed E-state index contributed by atoms with van der Waals surface area (Å²) in [5, 5.41) is 0. The molecule has 0 N–H and O–H groups in total. The molecule has 18 heavy (non-hydrogen) atoms. The third-order valence-corrected chi connectivity index (χ3v) is 4.01. The Kier molecular flexibility index (Phi) is 2.86. The number of hydrogen-bond donors (Lipinski definition) is 0. The van der Waals surface area contributed by atoms with Crippen molar-refractivity contribution in [3.63, 3.8) is 0 Å². The second-order valence-corrected chi connectivity index (χ2v) is 5.23. The SMILES string of the molecule is CC1C(=O)N(C)Cc2cnc(C3CCOCC3)n21. The molecule has 1 fully saturated rings. The third kappa shape index (κ3) is 1.73. The van der Waals surface area contributed by atoms with Gasteiger partial charge in [-0.15, -0.1) is 0 Å². The van der Waals surface area contributed by atoms with Gasteiger partial charge in [0.05, 0.1) is 18.4 Å². The minimum Gasteiger partial charge on any atom is -0.381 e. The van der Waals surface area contributed by atoms with E-state index in [-0.39, 0.29) is 11.9 Å². The zero-order valence-corrected chi connectivity index (χ0v) is 10.9. The van der Waals surface area contributed by atoms with Gasteiger partial charge in [0.2, 0.25) is 5.91 Å². The molecule has 1 amide bonds. The van der Waals surface area contributed by atoms with Crippen LogP contribution in [0.5, 0.6) is 0 Å². The number of nitrogens with zero attached hydrogens (tertiary/aromatic N) is 3. The quantitative estimate of drug-likeness (QED) is 0.754. The van der Waals surface area contributed by atoms with Gasteiger partial charge in [0, 0.05) is 26.2 Å². The van der Waals surface area contributed by atoms with E-state index in [0.29, 0.717) is 12.5 Å². The van der Waals surface area contributed by atoms with E-state index in [1.54, 1.807) is 4.90 Å². The normalized spacial score (nSPS) is 25.3. The summed E-state index contributed by atoms with van der Waals surface area (Å²) in [5.41, 5.74) is 1.14. The second kappa shape index (κ2) is 4.39. The Hall–Kier alpha value is -1.36. The fraction of sp³-hybridized carbons (Fsp3) is 0.692. The summed E-state index contributed by atoms with van der Waals surface area (Å²) in [6.45, 7) is 4.23. The lowest BCUT2D eigenvalue weighted by molar-refractivity contribution is -0.135. The van der Waals surface area contributed by atoms with Crippen molar-refractivity contribution in [3.8, 4) is 0 Å². The molecule has 5 heteroatoms. The van der Waals surface area contributed by atoms with E-state index in [2.05, 4.69) is 9.55 Å². The second-order valence-electron chi connectivity index (χ2n) is 5.23. The molecule has 98 valence electrons. The highest BCUT2D eigenvalue weighted by Crippen LogP contribution is 2.31. The highest BCUT2D eigenvalue weighted by molar-refractivity contribution is 5.81. The first kappa shape index (κ1) is 11.7. The number of likely N-dealkylation sites (N-methyl/N-ethyl adjacent to an activating group) is 1. The van der Waals surface area contributed by atoms with Crippen molar-refractivity contribution in [2.24, 2.45) is 0 Å². The molecule has 0 radical (unpaired) electrons. The van der Waals surface area contributed by atoms with E-state index in [9.17, 15) is 4.79 Å². The number of hydrogen-bond acceptors (Lipinski definition) is 3. The Morgan fingerprint density at radius 1 is 1.39 bits per heavy atom. The van der Waals surface area contributed by atoms with Gasteiger partial charge in [-0.3, -0.25) is 4.79 Å². The molecule has 1 aromatic heterocycles. The molecule has 0 aromatic carbocycles. The lowest BCUT2D eigenvalue weighted by Crippen LogP contribution is -2.39. The molecular weight excluding hydrogens is 230 g/mol. The lowest BCUT2D eigenvalue weighted by atomic mass is 9.99. The van der Waals surface area contributed by atoms with Crippen LogP contribution in [-0.2, 0) is 16.1 Å². The zero-order chi connectivity index (χ0) is 12.7. The number of amides is 1. The molecule has 2 aliphatic rings. The van der Waals surface area contributed by atoms with Crippen molar-refractivity contribution in [2.45, 2.75) is 38.3 Å². The molecular formula is C13H19N3O2. The predicted octanol–water partition coefficient (Wildman–Crippen LogP) is 1.31. The number of aromatic nitrogens is 2. The molecule has 1 unspecified atom stereocenters. The van der Waals surface area contributed by atoms with Crippen LogP contribution in [0.4, 0.5) is 0 Å². The Morgan fingerprint density at radius 3 is 2.83 bits per heavy atom. The average Bonchev–Trinajstić information content (AvgIpc) is 2.81. The summed E-state index contributed by atoms with van der Waals surface area (Å²) >= 11 is 0. The summed E-state index contributed by atoms with van der Waals surface area (Å²) in [6.07, 6.45) is 3.94. The van der Waals surface area contributed by atoms with Crippen LogP contribution < -0.4 is 0 Å². The number of carbonyl (C=O) groups excluding carboxylic acids is 1. The van der Waals surface area contributed by atoms with Gasteiger partial charge in [-0.25, -0.2) is 4.98 Å². The fourth-order valence-electron chi connectivity index (χ4n) is 2.98. The Labute approximate surface area is 107 Å². The van der Waals surface area contributed by atoms with E-state index in [1.165, 1.54) is 0 Å². The van der Waals surface area contributed by atoms with Crippen LogP contribution in [0.3, 0.4) is 0 Å². The maximum Gasteiger partial charge on any atom is 0.245 e. The van der Waals surface area contributed by atoms with Crippen LogP contribution in [0.2, 0.25) is 0 Å². The number of carbonyl (C=O) groups is 1. The van der Waals surface area contributed by atoms with Gasteiger partial charge in [-0.05, 0) is 19.8 Å². The van der Waals surface area contributed by atoms with Crippen molar-refractivity contribution in [1.82, 2.24) is 14.5 Å².